The third-order valence-electron chi connectivity index (χ3n) is 3.82. The summed E-state index contributed by atoms with van der Waals surface area (Å²) >= 11 is 0. The van der Waals surface area contributed by atoms with E-state index in [4.69, 9.17) is 4.74 Å². The second-order valence-corrected chi connectivity index (χ2v) is 6.80. The molecule has 0 bridgehead atoms. The Kier molecular flexibility index (Phi) is 7.40. The molecule has 21 heavy (non-hydrogen) atoms. The van der Waals surface area contributed by atoms with E-state index < -0.39 is 0 Å². The number of imidazole rings is 1. The van der Waals surface area contributed by atoms with Crippen LogP contribution in [-0.2, 0) is 18.2 Å². The normalized spacial score (nSPS) is 15.1. The van der Waals surface area contributed by atoms with Gasteiger partial charge in [-0.1, -0.05) is 27.7 Å². The lowest BCUT2D eigenvalue weighted by atomic mass is 9.82. The summed E-state index contributed by atoms with van der Waals surface area (Å²) in [5, 5.41) is 3.68. The topological polar surface area (TPSA) is 39.1 Å². The molecule has 0 aliphatic rings. The highest BCUT2D eigenvalue weighted by molar-refractivity contribution is 4.94. The van der Waals surface area contributed by atoms with Crippen LogP contribution in [0.5, 0.6) is 0 Å². The summed E-state index contributed by atoms with van der Waals surface area (Å²) in [5.41, 5.74) is 0.128. The van der Waals surface area contributed by atoms with E-state index in [-0.39, 0.29) is 11.5 Å². The van der Waals surface area contributed by atoms with Gasteiger partial charge in [-0.15, -0.1) is 0 Å². The third kappa shape index (κ3) is 5.79. The van der Waals surface area contributed by atoms with Crippen LogP contribution in [-0.4, -0.2) is 34.8 Å². The second kappa shape index (κ2) is 8.54. The first-order valence-corrected chi connectivity index (χ1v) is 8.21. The third-order valence-corrected chi connectivity index (χ3v) is 3.82. The van der Waals surface area contributed by atoms with Crippen molar-refractivity contribution in [2.45, 2.75) is 66.0 Å². The van der Waals surface area contributed by atoms with Crippen LogP contribution in [0.4, 0.5) is 0 Å². The fraction of sp³-hybridized carbons (Fsp3) is 0.824. The van der Waals surface area contributed by atoms with E-state index in [1.807, 2.05) is 12.4 Å². The molecule has 1 aromatic heterocycles. The van der Waals surface area contributed by atoms with Gasteiger partial charge in [0.1, 0.15) is 5.82 Å². The molecule has 0 aromatic carbocycles. The first kappa shape index (κ1) is 18.2. The van der Waals surface area contributed by atoms with E-state index >= 15 is 0 Å². The zero-order valence-electron chi connectivity index (χ0n) is 14.6. The van der Waals surface area contributed by atoms with Gasteiger partial charge in [0.25, 0.3) is 0 Å². The molecular formula is C17H33N3O. The molecule has 0 spiro atoms. The summed E-state index contributed by atoms with van der Waals surface area (Å²) in [5.74, 6) is 1.14. The van der Waals surface area contributed by atoms with E-state index in [0.717, 1.165) is 38.2 Å². The number of rotatable bonds is 9. The standard InChI is InChI=1S/C17H33N3O/c1-7-11-18-14(16(21-8-2)17(3,4)5)9-10-15-19-12-13-20(15)6/h12-14,16,18H,7-11H2,1-6H3. The number of ether oxygens (including phenoxy) is 1. The average Bonchev–Trinajstić information content (AvgIpc) is 2.81. The maximum Gasteiger partial charge on any atom is 0.108 e. The molecule has 1 heterocycles. The van der Waals surface area contributed by atoms with Crippen molar-refractivity contribution < 1.29 is 4.74 Å². The molecule has 2 unspecified atom stereocenters. The van der Waals surface area contributed by atoms with Gasteiger partial charge in [0.2, 0.25) is 0 Å². The maximum atomic E-state index is 6.08. The quantitative estimate of drug-likeness (QED) is 0.760. The summed E-state index contributed by atoms with van der Waals surface area (Å²) in [7, 11) is 2.06. The Morgan fingerprint density at radius 1 is 1.33 bits per heavy atom. The predicted molar refractivity (Wildman–Crippen MR) is 88.5 cm³/mol. The number of aryl methyl sites for hydroxylation is 2. The molecular weight excluding hydrogens is 262 g/mol. The Balaban J connectivity index is 2.74. The highest BCUT2D eigenvalue weighted by atomic mass is 16.5. The van der Waals surface area contributed by atoms with Crippen molar-refractivity contribution in [1.82, 2.24) is 14.9 Å². The lowest BCUT2D eigenvalue weighted by molar-refractivity contribution is -0.0373. The zero-order valence-corrected chi connectivity index (χ0v) is 14.6. The van der Waals surface area contributed by atoms with Crippen LogP contribution in [0.15, 0.2) is 12.4 Å². The highest BCUT2D eigenvalue weighted by Crippen LogP contribution is 2.27. The van der Waals surface area contributed by atoms with Crippen molar-refractivity contribution in [3.05, 3.63) is 18.2 Å². The number of nitrogens with zero attached hydrogens (tertiary/aromatic N) is 2. The maximum absolute atomic E-state index is 6.08. The molecule has 0 aliphatic heterocycles. The van der Waals surface area contributed by atoms with Crippen LogP contribution in [0.2, 0.25) is 0 Å². The van der Waals surface area contributed by atoms with Gasteiger partial charge in [0, 0.05) is 38.5 Å². The molecule has 4 nitrogen and oxygen atoms in total. The van der Waals surface area contributed by atoms with E-state index in [1.165, 1.54) is 0 Å². The van der Waals surface area contributed by atoms with Crippen molar-refractivity contribution in [3.63, 3.8) is 0 Å². The Bertz CT molecular complexity index is 395. The Morgan fingerprint density at radius 3 is 2.52 bits per heavy atom. The van der Waals surface area contributed by atoms with Crippen LogP contribution >= 0.6 is 0 Å². The van der Waals surface area contributed by atoms with Crippen LogP contribution in [0.25, 0.3) is 0 Å². The summed E-state index contributed by atoms with van der Waals surface area (Å²) < 4.78 is 8.18. The van der Waals surface area contributed by atoms with Crippen molar-refractivity contribution in [1.29, 1.82) is 0 Å². The SMILES string of the molecule is CCCNC(CCc1nccn1C)C(OCC)C(C)(C)C. The first-order chi connectivity index (χ1) is 9.90. The highest BCUT2D eigenvalue weighted by Gasteiger charge is 2.32. The molecule has 4 heteroatoms. The van der Waals surface area contributed by atoms with E-state index in [1.54, 1.807) is 0 Å². The second-order valence-electron chi connectivity index (χ2n) is 6.80. The van der Waals surface area contributed by atoms with Crippen molar-refractivity contribution in [2.24, 2.45) is 12.5 Å². The molecule has 0 fully saturated rings. The van der Waals surface area contributed by atoms with E-state index in [2.05, 4.69) is 56.5 Å². The minimum Gasteiger partial charge on any atom is -0.376 e. The number of nitrogens with one attached hydrogen (secondary N) is 1. The van der Waals surface area contributed by atoms with Gasteiger partial charge < -0.3 is 14.6 Å². The fourth-order valence-electron chi connectivity index (χ4n) is 2.76. The van der Waals surface area contributed by atoms with Gasteiger partial charge in [-0.2, -0.15) is 0 Å². The van der Waals surface area contributed by atoms with Crippen LogP contribution < -0.4 is 5.32 Å². The molecule has 1 rings (SSSR count). The molecule has 1 aromatic rings. The Labute approximate surface area is 130 Å². The van der Waals surface area contributed by atoms with Crippen molar-refractivity contribution in [2.75, 3.05) is 13.2 Å². The molecule has 0 amide bonds. The molecule has 0 radical (unpaired) electrons. The largest absolute Gasteiger partial charge is 0.376 e. The van der Waals surface area contributed by atoms with Gasteiger partial charge >= 0.3 is 0 Å². The average molecular weight is 295 g/mol. The molecule has 0 saturated heterocycles. The molecule has 0 saturated carbocycles. The van der Waals surface area contributed by atoms with Gasteiger partial charge in [-0.05, 0) is 31.7 Å². The summed E-state index contributed by atoms with van der Waals surface area (Å²) in [4.78, 5) is 4.43. The first-order valence-electron chi connectivity index (χ1n) is 8.21. The Hall–Kier alpha value is -0.870. The lowest BCUT2D eigenvalue weighted by Crippen LogP contribution is -2.48. The van der Waals surface area contributed by atoms with E-state index in [0.29, 0.717) is 6.04 Å². The lowest BCUT2D eigenvalue weighted by Gasteiger charge is -2.37. The summed E-state index contributed by atoms with van der Waals surface area (Å²) in [6.45, 7) is 12.8. The molecule has 1 N–H and O–H groups in total. The Morgan fingerprint density at radius 2 is 2.05 bits per heavy atom. The summed E-state index contributed by atoms with van der Waals surface area (Å²) in [6.07, 6.45) is 7.26. The summed E-state index contributed by atoms with van der Waals surface area (Å²) in [6, 6.07) is 0.363. The number of hydrogen-bond acceptors (Lipinski definition) is 3. The van der Waals surface area contributed by atoms with Gasteiger partial charge in [0.15, 0.2) is 0 Å². The van der Waals surface area contributed by atoms with Crippen LogP contribution in [0.3, 0.4) is 0 Å². The minimum absolute atomic E-state index is 0.128. The smallest absolute Gasteiger partial charge is 0.108 e. The van der Waals surface area contributed by atoms with Gasteiger partial charge in [-0.25, -0.2) is 4.98 Å². The van der Waals surface area contributed by atoms with E-state index in [9.17, 15) is 0 Å². The van der Waals surface area contributed by atoms with Crippen molar-refractivity contribution in [3.8, 4) is 0 Å². The van der Waals surface area contributed by atoms with Crippen molar-refractivity contribution >= 4 is 0 Å². The fourth-order valence-corrected chi connectivity index (χ4v) is 2.76. The minimum atomic E-state index is 0.128. The predicted octanol–water partition coefficient (Wildman–Crippen LogP) is 3.17. The van der Waals surface area contributed by atoms with Gasteiger partial charge in [0.05, 0.1) is 6.10 Å². The number of aromatic nitrogens is 2. The number of hydrogen-bond donors (Lipinski definition) is 1. The monoisotopic (exact) mass is 295 g/mol. The van der Waals surface area contributed by atoms with Crippen LogP contribution in [0, 0.1) is 5.41 Å². The van der Waals surface area contributed by atoms with Crippen LogP contribution in [0.1, 0.15) is 53.3 Å². The molecule has 0 aliphatic carbocycles. The molecule has 2 atom stereocenters. The molecule has 122 valence electrons. The zero-order chi connectivity index (χ0) is 15.9. The van der Waals surface area contributed by atoms with Gasteiger partial charge in [-0.3, -0.25) is 0 Å².